The normalized spacial score (nSPS) is 10.6. The maximum atomic E-state index is 11.7. The van der Waals surface area contributed by atoms with Gasteiger partial charge in [0.05, 0.1) is 12.6 Å². The van der Waals surface area contributed by atoms with Crippen LogP contribution in [0.5, 0.6) is 5.75 Å². The number of ether oxygens (including phenoxy) is 1. The van der Waals surface area contributed by atoms with E-state index >= 15 is 0 Å². The smallest absolute Gasteiger partial charge is 0.219 e. The van der Waals surface area contributed by atoms with E-state index in [4.69, 9.17) is 10.5 Å². The number of aromatic nitrogens is 1. The van der Waals surface area contributed by atoms with Crippen molar-refractivity contribution in [3.05, 3.63) is 30.0 Å². The summed E-state index contributed by atoms with van der Waals surface area (Å²) in [5, 5.41) is 0.830. The summed E-state index contributed by atoms with van der Waals surface area (Å²) in [6.07, 6.45) is 1.97. The number of methoxy groups -OCH3 is 1. The fourth-order valence-electron chi connectivity index (χ4n) is 2.18. The number of ketones is 1. The number of hydrogen-bond donors (Lipinski definition) is 1. The third-order valence-corrected chi connectivity index (χ3v) is 3.06. The van der Waals surface area contributed by atoms with Crippen molar-refractivity contribution in [2.45, 2.75) is 19.9 Å². The molecule has 2 N–H and O–H groups in total. The van der Waals surface area contributed by atoms with Crippen molar-refractivity contribution in [3.8, 4) is 5.75 Å². The predicted molar refractivity (Wildman–Crippen MR) is 72.3 cm³/mol. The molecular formula is C14H16N2O3. The highest BCUT2D eigenvalue weighted by Crippen LogP contribution is 2.30. The topological polar surface area (TPSA) is 74.3 Å². The zero-order valence-electron chi connectivity index (χ0n) is 11.0. The molecule has 0 bridgehead atoms. The Kier molecular flexibility index (Phi) is 3.55. The van der Waals surface area contributed by atoms with Crippen LogP contribution in [-0.4, -0.2) is 23.4 Å². The van der Waals surface area contributed by atoms with Crippen molar-refractivity contribution >= 4 is 22.6 Å². The second-order valence-corrected chi connectivity index (χ2v) is 4.37. The number of rotatable bonds is 5. The molecule has 1 aromatic heterocycles. The van der Waals surface area contributed by atoms with Gasteiger partial charge in [0.1, 0.15) is 5.75 Å². The number of carbonyl (C=O) groups excluding carboxylic acids is 2. The molecular weight excluding hydrogens is 244 g/mol. The monoisotopic (exact) mass is 260 g/mol. The van der Waals surface area contributed by atoms with Gasteiger partial charge in [0.2, 0.25) is 5.91 Å². The van der Waals surface area contributed by atoms with Crippen LogP contribution in [0.15, 0.2) is 24.4 Å². The van der Waals surface area contributed by atoms with Crippen LogP contribution in [0.2, 0.25) is 0 Å². The number of primary amides is 1. The van der Waals surface area contributed by atoms with Gasteiger partial charge in [-0.15, -0.1) is 0 Å². The van der Waals surface area contributed by atoms with Gasteiger partial charge < -0.3 is 15.0 Å². The first-order chi connectivity index (χ1) is 9.04. The fourth-order valence-corrected chi connectivity index (χ4v) is 2.18. The molecule has 2 aromatic rings. The first kappa shape index (κ1) is 13.1. The van der Waals surface area contributed by atoms with Gasteiger partial charge in [-0.1, -0.05) is 12.1 Å². The number of amides is 1. The number of nitrogens with zero attached hydrogens (tertiary/aromatic N) is 1. The van der Waals surface area contributed by atoms with E-state index in [-0.39, 0.29) is 18.1 Å². The summed E-state index contributed by atoms with van der Waals surface area (Å²) in [6.45, 7) is 1.95. The van der Waals surface area contributed by atoms with Gasteiger partial charge >= 0.3 is 0 Å². The standard InChI is InChI=1S/C14H16N2O3/c1-9(17)11-8-16(7-6-13(15)18)14-10(11)4-3-5-12(14)19-2/h3-5,8H,6-7H2,1-2H3,(H2,15,18). The van der Waals surface area contributed by atoms with Crippen LogP contribution in [0, 0.1) is 0 Å². The van der Waals surface area contributed by atoms with Gasteiger partial charge in [-0.05, 0) is 13.0 Å². The molecule has 0 fully saturated rings. The molecule has 0 aliphatic rings. The Balaban J connectivity index is 2.61. The van der Waals surface area contributed by atoms with Crippen LogP contribution < -0.4 is 10.5 Å². The maximum Gasteiger partial charge on any atom is 0.219 e. The van der Waals surface area contributed by atoms with E-state index in [0.29, 0.717) is 17.9 Å². The molecule has 0 atom stereocenters. The second-order valence-electron chi connectivity index (χ2n) is 4.37. The Hall–Kier alpha value is -2.30. The summed E-state index contributed by atoms with van der Waals surface area (Å²) in [6, 6.07) is 5.54. The Labute approximate surface area is 110 Å². The zero-order chi connectivity index (χ0) is 14.0. The van der Waals surface area contributed by atoms with Gasteiger partial charge in [-0.2, -0.15) is 0 Å². The number of aryl methyl sites for hydroxylation is 1. The molecule has 2 rings (SSSR count). The van der Waals surface area contributed by atoms with E-state index in [0.717, 1.165) is 10.9 Å². The molecule has 0 aliphatic carbocycles. The first-order valence-electron chi connectivity index (χ1n) is 5.99. The quantitative estimate of drug-likeness (QED) is 0.832. The highest BCUT2D eigenvalue weighted by molar-refractivity contribution is 6.08. The van der Waals surface area contributed by atoms with Crippen LogP contribution in [0.4, 0.5) is 0 Å². The predicted octanol–water partition coefficient (Wildman–Crippen LogP) is 1.73. The van der Waals surface area contributed by atoms with Crippen LogP contribution in [0.1, 0.15) is 23.7 Å². The molecule has 5 nitrogen and oxygen atoms in total. The van der Waals surface area contributed by atoms with E-state index in [1.54, 1.807) is 13.3 Å². The highest BCUT2D eigenvalue weighted by Gasteiger charge is 2.15. The zero-order valence-corrected chi connectivity index (χ0v) is 11.0. The van der Waals surface area contributed by atoms with Gasteiger partial charge in [0, 0.05) is 30.1 Å². The molecule has 0 saturated carbocycles. The Bertz CT molecular complexity index is 643. The van der Waals surface area contributed by atoms with Crippen LogP contribution in [-0.2, 0) is 11.3 Å². The van der Waals surface area contributed by atoms with Crippen molar-refractivity contribution in [2.75, 3.05) is 7.11 Å². The lowest BCUT2D eigenvalue weighted by Crippen LogP contribution is -2.13. The van der Waals surface area contributed by atoms with Gasteiger partial charge in [0.15, 0.2) is 5.78 Å². The molecule has 1 aromatic carbocycles. The average Bonchev–Trinajstić information content (AvgIpc) is 2.75. The van der Waals surface area contributed by atoms with Crippen molar-refractivity contribution in [3.63, 3.8) is 0 Å². The van der Waals surface area contributed by atoms with E-state index in [9.17, 15) is 9.59 Å². The molecule has 1 heterocycles. The molecule has 1 amide bonds. The van der Waals surface area contributed by atoms with E-state index < -0.39 is 0 Å². The van der Waals surface area contributed by atoms with Crippen molar-refractivity contribution in [1.29, 1.82) is 0 Å². The molecule has 0 aliphatic heterocycles. The minimum Gasteiger partial charge on any atom is -0.495 e. The van der Waals surface area contributed by atoms with Gasteiger partial charge in [-0.25, -0.2) is 0 Å². The third-order valence-electron chi connectivity index (χ3n) is 3.06. The average molecular weight is 260 g/mol. The molecule has 19 heavy (non-hydrogen) atoms. The SMILES string of the molecule is COc1cccc2c(C(C)=O)cn(CCC(N)=O)c12. The van der Waals surface area contributed by atoms with Crippen LogP contribution >= 0.6 is 0 Å². The molecule has 100 valence electrons. The lowest BCUT2D eigenvalue weighted by Gasteiger charge is -2.07. The number of fused-ring (bicyclic) bond motifs is 1. The summed E-state index contributed by atoms with van der Waals surface area (Å²) in [7, 11) is 1.58. The molecule has 0 saturated heterocycles. The van der Waals surface area contributed by atoms with Crippen molar-refractivity contribution in [1.82, 2.24) is 4.57 Å². The Morgan fingerprint density at radius 2 is 2.11 bits per heavy atom. The summed E-state index contributed by atoms with van der Waals surface area (Å²) < 4.78 is 7.16. The second kappa shape index (κ2) is 5.14. The fraction of sp³-hybridized carbons (Fsp3) is 0.286. The van der Waals surface area contributed by atoms with Gasteiger partial charge in [0.25, 0.3) is 0 Å². The summed E-state index contributed by atoms with van der Waals surface area (Å²) >= 11 is 0. The lowest BCUT2D eigenvalue weighted by molar-refractivity contribution is -0.118. The largest absolute Gasteiger partial charge is 0.495 e. The number of benzene rings is 1. The third kappa shape index (κ3) is 2.45. The molecule has 0 spiro atoms. The minimum atomic E-state index is -0.374. The highest BCUT2D eigenvalue weighted by atomic mass is 16.5. The minimum absolute atomic E-state index is 0.0175. The van der Waals surface area contributed by atoms with E-state index in [1.165, 1.54) is 6.92 Å². The maximum absolute atomic E-state index is 11.7. The molecule has 0 radical (unpaired) electrons. The summed E-state index contributed by atoms with van der Waals surface area (Å²) in [5.41, 5.74) is 6.61. The lowest BCUT2D eigenvalue weighted by atomic mass is 10.1. The van der Waals surface area contributed by atoms with E-state index in [2.05, 4.69) is 0 Å². The molecule has 0 unspecified atom stereocenters. The Morgan fingerprint density at radius 3 is 2.68 bits per heavy atom. The van der Waals surface area contributed by atoms with E-state index in [1.807, 2.05) is 22.8 Å². The number of para-hydroxylation sites is 1. The number of Topliss-reactive ketones (excluding diaryl/α,β-unsaturated/α-hetero) is 1. The van der Waals surface area contributed by atoms with Crippen LogP contribution in [0.3, 0.4) is 0 Å². The number of nitrogens with two attached hydrogens (primary N) is 1. The summed E-state index contributed by atoms with van der Waals surface area (Å²) in [5.74, 6) is 0.284. The summed E-state index contributed by atoms with van der Waals surface area (Å²) in [4.78, 5) is 22.6. The first-order valence-corrected chi connectivity index (χ1v) is 5.99. The number of hydrogen-bond acceptors (Lipinski definition) is 3. The Morgan fingerprint density at radius 1 is 1.37 bits per heavy atom. The van der Waals surface area contributed by atoms with Crippen molar-refractivity contribution < 1.29 is 14.3 Å². The van der Waals surface area contributed by atoms with Crippen molar-refractivity contribution in [2.24, 2.45) is 5.73 Å². The molecule has 5 heteroatoms. The van der Waals surface area contributed by atoms with Crippen LogP contribution in [0.25, 0.3) is 10.9 Å². The number of carbonyl (C=O) groups is 2. The van der Waals surface area contributed by atoms with Gasteiger partial charge in [-0.3, -0.25) is 9.59 Å².